The largest absolute Gasteiger partial charge is 0.497 e. The van der Waals surface area contributed by atoms with E-state index in [0.29, 0.717) is 32.0 Å². The molecule has 6 nitrogen and oxygen atoms in total. The van der Waals surface area contributed by atoms with Crippen molar-refractivity contribution in [3.8, 4) is 5.75 Å². The van der Waals surface area contributed by atoms with E-state index in [1.807, 2.05) is 35.4 Å². The molecule has 5 rings (SSSR count). The van der Waals surface area contributed by atoms with Gasteiger partial charge in [-0.05, 0) is 30.5 Å². The second-order valence-corrected chi connectivity index (χ2v) is 8.48. The van der Waals surface area contributed by atoms with Crippen molar-refractivity contribution in [3.05, 3.63) is 53.1 Å². The third-order valence-corrected chi connectivity index (χ3v) is 6.59. The van der Waals surface area contributed by atoms with Gasteiger partial charge < -0.3 is 14.4 Å². The number of fused-ring (bicyclic) bond motifs is 2. The monoisotopic (exact) mass is 393 g/mol. The van der Waals surface area contributed by atoms with Crippen LogP contribution in [0.2, 0.25) is 0 Å². The topological polar surface area (TPSA) is 64.5 Å². The lowest BCUT2D eigenvalue weighted by Gasteiger charge is -2.47. The van der Waals surface area contributed by atoms with Gasteiger partial charge in [0.25, 0.3) is 0 Å². The third-order valence-electron chi connectivity index (χ3n) is 6.59. The molecule has 29 heavy (non-hydrogen) atoms. The fourth-order valence-electron chi connectivity index (χ4n) is 4.80. The summed E-state index contributed by atoms with van der Waals surface area (Å²) < 4.78 is 11.3. The molecule has 1 aromatic carbocycles. The molecule has 1 aliphatic carbocycles. The van der Waals surface area contributed by atoms with E-state index in [0.717, 1.165) is 28.4 Å². The minimum Gasteiger partial charge on any atom is -0.497 e. The van der Waals surface area contributed by atoms with E-state index in [1.165, 1.54) is 32.1 Å². The van der Waals surface area contributed by atoms with E-state index in [-0.39, 0.29) is 5.91 Å². The van der Waals surface area contributed by atoms with Crippen LogP contribution in [-0.2, 0) is 28.2 Å². The van der Waals surface area contributed by atoms with Crippen LogP contribution >= 0.6 is 0 Å². The quantitative estimate of drug-likeness (QED) is 0.797. The molecule has 1 saturated carbocycles. The molecule has 0 atom stereocenters. The standard InChI is InChI=1S/C23H27N3O3/c1-28-18-9-7-16(8-10-18)11-21(27)26-14-23(15-26)19-12-24-22(25-20(19)13-29-23)17-5-3-2-4-6-17/h7-10,12,17H,2-6,11,13-15H2,1H3. The number of ether oxygens (including phenoxy) is 2. The fourth-order valence-corrected chi connectivity index (χ4v) is 4.80. The summed E-state index contributed by atoms with van der Waals surface area (Å²) in [7, 11) is 1.64. The number of benzene rings is 1. The van der Waals surface area contributed by atoms with E-state index in [4.69, 9.17) is 19.4 Å². The Morgan fingerprint density at radius 1 is 1.21 bits per heavy atom. The summed E-state index contributed by atoms with van der Waals surface area (Å²) in [5, 5.41) is 0. The van der Waals surface area contributed by atoms with Crippen LogP contribution in [0.3, 0.4) is 0 Å². The van der Waals surface area contributed by atoms with Crippen molar-refractivity contribution >= 4 is 5.91 Å². The third kappa shape index (κ3) is 3.39. The summed E-state index contributed by atoms with van der Waals surface area (Å²) in [6, 6.07) is 7.65. The summed E-state index contributed by atoms with van der Waals surface area (Å²) in [5.41, 5.74) is 2.68. The number of hydrogen-bond acceptors (Lipinski definition) is 5. The number of amides is 1. The highest BCUT2D eigenvalue weighted by Gasteiger charge is 2.52. The van der Waals surface area contributed by atoms with Crippen molar-refractivity contribution in [1.82, 2.24) is 14.9 Å². The molecular weight excluding hydrogens is 366 g/mol. The highest BCUT2D eigenvalue weighted by atomic mass is 16.5. The molecule has 2 fully saturated rings. The molecule has 1 amide bonds. The van der Waals surface area contributed by atoms with Crippen molar-refractivity contribution < 1.29 is 14.3 Å². The van der Waals surface area contributed by atoms with Crippen LogP contribution in [0.25, 0.3) is 0 Å². The first-order valence-corrected chi connectivity index (χ1v) is 10.6. The van der Waals surface area contributed by atoms with Crippen LogP contribution in [0, 0.1) is 0 Å². The number of aromatic nitrogens is 2. The first-order valence-electron chi connectivity index (χ1n) is 10.6. The van der Waals surface area contributed by atoms with Crippen LogP contribution in [0.4, 0.5) is 0 Å². The lowest BCUT2D eigenvalue weighted by molar-refractivity contribution is -0.168. The van der Waals surface area contributed by atoms with E-state index < -0.39 is 5.60 Å². The Morgan fingerprint density at radius 3 is 2.69 bits per heavy atom. The van der Waals surface area contributed by atoms with E-state index >= 15 is 0 Å². The summed E-state index contributed by atoms with van der Waals surface area (Å²) in [6.45, 7) is 1.69. The number of hydrogen-bond donors (Lipinski definition) is 0. The molecule has 0 radical (unpaired) electrons. The molecule has 1 spiro atoms. The van der Waals surface area contributed by atoms with E-state index in [9.17, 15) is 4.79 Å². The molecule has 6 heteroatoms. The van der Waals surface area contributed by atoms with Crippen molar-refractivity contribution in [1.29, 1.82) is 0 Å². The van der Waals surface area contributed by atoms with Gasteiger partial charge in [-0.1, -0.05) is 31.4 Å². The SMILES string of the molecule is COc1ccc(CC(=O)N2CC3(C2)OCc2nc(C4CCCCC4)ncc23)cc1. The number of carbonyl (C=O) groups is 1. The van der Waals surface area contributed by atoms with E-state index in [1.54, 1.807) is 7.11 Å². The molecule has 0 N–H and O–H groups in total. The molecule has 152 valence electrons. The molecule has 2 aliphatic heterocycles. The maximum Gasteiger partial charge on any atom is 0.227 e. The Balaban J connectivity index is 1.24. The Morgan fingerprint density at radius 2 is 1.97 bits per heavy atom. The lowest BCUT2D eigenvalue weighted by atomic mass is 9.86. The average Bonchev–Trinajstić information content (AvgIpc) is 3.13. The first-order chi connectivity index (χ1) is 14.2. The Kier molecular flexibility index (Phi) is 4.74. The van der Waals surface area contributed by atoms with Gasteiger partial charge in [0.2, 0.25) is 5.91 Å². The second-order valence-electron chi connectivity index (χ2n) is 8.48. The Hall–Kier alpha value is -2.47. The van der Waals surface area contributed by atoms with Crippen LogP contribution < -0.4 is 4.74 Å². The van der Waals surface area contributed by atoms with Gasteiger partial charge in [0.15, 0.2) is 0 Å². The van der Waals surface area contributed by atoms with Gasteiger partial charge in [-0.3, -0.25) is 4.79 Å². The van der Waals surface area contributed by atoms with Gasteiger partial charge in [-0.15, -0.1) is 0 Å². The smallest absolute Gasteiger partial charge is 0.227 e. The summed E-state index contributed by atoms with van der Waals surface area (Å²) in [5.74, 6) is 2.40. The maximum absolute atomic E-state index is 12.7. The summed E-state index contributed by atoms with van der Waals surface area (Å²) in [6.07, 6.45) is 8.62. The number of carbonyl (C=O) groups excluding carboxylic acids is 1. The lowest BCUT2D eigenvalue weighted by Crippen LogP contribution is -2.61. The molecule has 1 aromatic heterocycles. The Labute approximate surface area is 171 Å². The Bertz CT molecular complexity index is 900. The zero-order valence-electron chi connectivity index (χ0n) is 16.9. The summed E-state index contributed by atoms with van der Waals surface area (Å²) >= 11 is 0. The van der Waals surface area contributed by atoms with E-state index in [2.05, 4.69) is 0 Å². The van der Waals surface area contributed by atoms with Crippen molar-refractivity contribution in [2.24, 2.45) is 0 Å². The highest BCUT2D eigenvalue weighted by molar-refractivity contribution is 5.80. The number of nitrogens with zero attached hydrogens (tertiary/aromatic N) is 3. The van der Waals surface area contributed by atoms with Crippen molar-refractivity contribution in [3.63, 3.8) is 0 Å². The second kappa shape index (κ2) is 7.41. The van der Waals surface area contributed by atoms with Gasteiger partial charge in [0.1, 0.15) is 17.2 Å². The minimum absolute atomic E-state index is 0.123. The number of rotatable bonds is 4. The van der Waals surface area contributed by atoms with Gasteiger partial charge in [-0.25, -0.2) is 9.97 Å². The average molecular weight is 393 g/mol. The zero-order valence-corrected chi connectivity index (χ0v) is 16.9. The molecule has 1 saturated heterocycles. The van der Waals surface area contributed by atoms with Crippen molar-refractivity contribution in [2.75, 3.05) is 20.2 Å². The van der Waals surface area contributed by atoms with Crippen LogP contribution in [0.15, 0.2) is 30.5 Å². The van der Waals surface area contributed by atoms with Gasteiger partial charge >= 0.3 is 0 Å². The van der Waals surface area contributed by atoms with Gasteiger partial charge in [0, 0.05) is 17.7 Å². The predicted molar refractivity (Wildman–Crippen MR) is 108 cm³/mol. The number of methoxy groups -OCH3 is 1. The van der Waals surface area contributed by atoms with Crippen molar-refractivity contribution in [2.45, 2.75) is 56.7 Å². The first kappa shape index (κ1) is 18.6. The predicted octanol–water partition coefficient (Wildman–Crippen LogP) is 3.34. The molecule has 0 bridgehead atoms. The normalized spacial score (nSPS) is 20.4. The fraction of sp³-hybridized carbons (Fsp3) is 0.522. The highest BCUT2D eigenvalue weighted by Crippen LogP contribution is 2.43. The molecule has 2 aromatic rings. The molecular formula is C23H27N3O3. The molecule has 0 unspecified atom stereocenters. The van der Waals surface area contributed by atoms with Crippen LogP contribution in [0.1, 0.15) is 60.7 Å². The maximum atomic E-state index is 12.7. The summed E-state index contributed by atoms with van der Waals surface area (Å²) in [4.78, 5) is 24.1. The van der Waals surface area contributed by atoms with Crippen LogP contribution in [0.5, 0.6) is 5.75 Å². The zero-order chi connectivity index (χ0) is 19.8. The van der Waals surface area contributed by atoms with Gasteiger partial charge in [0.05, 0.1) is 38.9 Å². The number of likely N-dealkylation sites (tertiary alicyclic amines) is 1. The van der Waals surface area contributed by atoms with Gasteiger partial charge in [-0.2, -0.15) is 0 Å². The molecule has 3 heterocycles. The van der Waals surface area contributed by atoms with Crippen LogP contribution in [-0.4, -0.2) is 41.0 Å². The minimum atomic E-state index is -0.407. The molecule has 3 aliphatic rings.